The van der Waals surface area contributed by atoms with Crippen molar-refractivity contribution in [1.29, 1.82) is 0 Å². The summed E-state index contributed by atoms with van der Waals surface area (Å²) in [6.07, 6.45) is 5.96. The molecule has 0 atom stereocenters. The van der Waals surface area contributed by atoms with Gasteiger partial charge in [0.1, 0.15) is 0 Å². The Kier molecular flexibility index (Phi) is 6.02. The Labute approximate surface area is 173 Å². The van der Waals surface area contributed by atoms with E-state index in [-0.39, 0.29) is 18.3 Å². The van der Waals surface area contributed by atoms with Crippen LogP contribution in [0.3, 0.4) is 0 Å². The first-order valence-electron chi connectivity index (χ1n) is 10.0. The summed E-state index contributed by atoms with van der Waals surface area (Å²) in [5, 5.41) is 19.1. The second kappa shape index (κ2) is 9.02. The first-order valence-corrected chi connectivity index (χ1v) is 10.0. The number of aromatic nitrogens is 3. The number of anilines is 2. The van der Waals surface area contributed by atoms with E-state index in [0.717, 1.165) is 36.9 Å². The lowest BCUT2D eigenvalue weighted by atomic mass is 9.77. The molecule has 156 valence electrons. The molecule has 0 aliphatic heterocycles. The van der Waals surface area contributed by atoms with E-state index in [2.05, 4.69) is 44.8 Å². The molecule has 4 rings (SSSR count). The number of carbonyl (C=O) groups is 1. The van der Waals surface area contributed by atoms with E-state index in [1.165, 1.54) is 5.56 Å². The molecule has 3 aromatic rings. The number of nitrogens with one attached hydrogen (secondary N) is 1. The molecule has 0 bridgehead atoms. The SMILES string of the molecule is O=C(O)C[C@H]1CC[C@H](c2ccc(-c3ccc(Nc4nnc(CF)o4)cn3)cc2)CC1. The molecule has 1 aliphatic rings. The van der Waals surface area contributed by atoms with Crippen LogP contribution in [-0.4, -0.2) is 26.3 Å². The normalized spacial score (nSPS) is 18.8. The third kappa shape index (κ3) is 4.82. The van der Waals surface area contributed by atoms with Crippen LogP contribution in [0.4, 0.5) is 16.1 Å². The number of hydrogen-bond donors (Lipinski definition) is 2. The van der Waals surface area contributed by atoms with Crippen LogP contribution in [0.1, 0.15) is 49.5 Å². The highest BCUT2D eigenvalue weighted by molar-refractivity contribution is 5.67. The molecule has 0 radical (unpaired) electrons. The standard InChI is InChI=1S/C22H23FN4O3/c23-12-20-26-27-22(30-20)25-18-9-10-19(24-13-18)17-7-5-16(6-8-17)15-3-1-14(2-4-15)11-21(28)29/h5-10,13-15H,1-4,11-12H2,(H,25,27)(H,28,29)/t14-,15-. The Balaban J connectivity index is 1.36. The molecule has 1 fully saturated rings. The van der Waals surface area contributed by atoms with Crippen molar-refractivity contribution in [2.24, 2.45) is 5.92 Å². The number of hydrogen-bond acceptors (Lipinski definition) is 6. The summed E-state index contributed by atoms with van der Waals surface area (Å²) < 4.78 is 17.6. The molecule has 2 heterocycles. The van der Waals surface area contributed by atoms with Crippen LogP contribution >= 0.6 is 0 Å². The smallest absolute Gasteiger partial charge is 0.320 e. The fourth-order valence-corrected chi connectivity index (χ4v) is 3.99. The van der Waals surface area contributed by atoms with Crippen molar-refractivity contribution < 1.29 is 18.7 Å². The van der Waals surface area contributed by atoms with Gasteiger partial charge in [0.2, 0.25) is 5.89 Å². The van der Waals surface area contributed by atoms with Gasteiger partial charge in [0.25, 0.3) is 0 Å². The van der Waals surface area contributed by atoms with Gasteiger partial charge in [0, 0.05) is 12.0 Å². The Morgan fingerprint density at radius 1 is 1.10 bits per heavy atom. The second-order valence-corrected chi connectivity index (χ2v) is 7.63. The number of carboxylic acids is 1. The van der Waals surface area contributed by atoms with E-state index < -0.39 is 12.6 Å². The third-order valence-electron chi connectivity index (χ3n) is 5.58. The minimum absolute atomic E-state index is 0.0717. The number of alkyl halides is 1. The van der Waals surface area contributed by atoms with Gasteiger partial charge in [-0.05, 0) is 55.2 Å². The largest absolute Gasteiger partial charge is 0.481 e. The molecule has 8 heteroatoms. The van der Waals surface area contributed by atoms with Gasteiger partial charge >= 0.3 is 12.0 Å². The maximum Gasteiger partial charge on any atom is 0.320 e. The number of pyridine rings is 1. The highest BCUT2D eigenvalue weighted by Gasteiger charge is 2.23. The Morgan fingerprint density at radius 3 is 2.47 bits per heavy atom. The van der Waals surface area contributed by atoms with Gasteiger partial charge in [-0.3, -0.25) is 9.78 Å². The van der Waals surface area contributed by atoms with Crippen LogP contribution in [0.5, 0.6) is 0 Å². The monoisotopic (exact) mass is 410 g/mol. The highest BCUT2D eigenvalue weighted by Crippen LogP contribution is 2.37. The van der Waals surface area contributed by atoms with E-state index in [1.54, 1.807) is 6.20 Å². The van der Waals surface area contributed by atoms with Crippen molar-refractivity contribution in [3.05, 3.63) is 54.0 Å². The highest BCUT2D eigenvalue weighted by atomic mass is 19.1. The molecule has 1 saturated carbocycles. The van der Waals surface area contributed by atoms with Crippen LogP contribution in [-0.2, 0) is 11.5 Å². The van der Waals surface area contributed by atoms with E-state index in [0.29, 0.717) is 17.5 Å². The number of benzene rings is 1. The maximum atomic E-state index is 12.5. The van der Waals surface area contributed by atoms with Crippen molar-refractivity contribution >= 4 is 17.7 Å². The molecule has 7 nitrogen and oxygen atoms in total. The van der Waals surface area contributed by atoms with Crippen LogP contribution in [0.2, 0.25) is 0 Å². The zero-order valence-electron chi connectivity index (χ0n) is 16.4. The van der Waals surface area contributed by atoms with E-state index in [1.807, 2.05) is 12.1 Å². The molecule has 1 aromatic carbocycles. The number of carboxylic acid groups (broad SMARTS) is 1. The van der Waals surface area contributed by atoms with Gasteiger partial charge in [-0.1, -0.05) is 29.4 Å². The van der Waals surface area contributed by atoms with Crippen molar-refractivity contribution in [1.82, 2.24) is 15.2 Å². The number of aliphatic carboxylic acids is 1. The van der Waals surface area contributed by atoms with Crippen LogP contribution < -0.4 is 5.32 Å². The minimum Gasteiger partial charge on any atom is -0.481 e. The molecule has 2 aromatic heterocycles. The lowest BCUT2D eigenvalue weighted by Gasteiger charge is -2.28. The van der Waals surface area contributed by atoms with Crippen molar-refractivity contribution in [3.8, 4) is 11.3 Å². The van der Waals surface area contributed by atoms with Gasteiger partial charge < -0.3 is 14.8 Å². The van der Waals surface area contributed by atoms with Gasteiger partial charge in [0.15, 0.2) is 6.67 Å². The van der Waals surface area contributed by atoms with Gasteiger partial charge in [-0.2, -0.15) is 0 Å². The van der Waals surface area contributed by atoms with E-state index in [9.17, 15) is 9.18 Å². The van der Waals surface area contributed by atoms with Gasteiger partial charge in [-0.25, -0.2) is 4.39 Å². The summed E-state index contributed by atoms with van der Waals surface area (Å²) in [7, 11) is 0. The second-order valence-electron chi connectivity index (χ2n) is 7.63. The molecular formula is C22H23FN4O3. The molecule has 0 spiro atoms. The molecular weight excluding hydrogens is 387 g/mol. The molecule has 0 unspecified atom stereocenters. The summed E-state index contributed by atoms with van der Waals surface area (Å²) in [6, 6.07) is 12.3. The number of rotatable bonds is 7. The average Bonchev–Trinajstić information content (AvgIpc) is 3.22. The zero-order valence-corrected chi connectivity index (χ0v) is 16.4. The summed E-state index contributed by atoms with van der Waals surface area (Å²) in [5.41, 5.74) is 3.82. The molecule has 30 heavy (non-hydrogen) atoms. The molecule has 0 amide bonds. The van der Waals surface area contributed by atoms with Crippen molar-refractivity contribution in [2.75, 3.05) is 5.32 Å². The minimum atomic E-state index is -0.800. The average molecular weight is 410 g/mol. The van der Waals surface area contributed by atoms with Crippen molar-refractivity contribution in [3.63, 3.8) is 0 Å². The summed E-state index contributed by atoms with van der Waals surface area (Å²) >= 11 is 0. The molecule has 1 aliphatic carbocycles. The van der Waals surface area contributed by atoms with E-state index in [4.69, 9.17) is 9.52 Å². The van der Waals surface area contributed by atoms with Crippen LogP contribution in [0, 0.1) is 5.92 Å². The quantitative estimate of drug-likeness (QED) is 0.559. The summed E-state index contributed by atoms with van der Waals surface area (Å²) in [5.74, 6) is 0.0352. The number of halogens is 1. The first-order chi connectivity index (χ1) is 14.6. The predicted molar refractivity (Wildman–Crippen MR) is 109 cm³/mol. The summed E-state index contributed by atoms with van der Waals surface area (Å²) in [6.45, 7) is -0.800. The van der Waals surface area contributed by atoms with Crippen molar-refractivity contribution in [2.45, 2.75) is 44.7 Å². The third-order valence-corrected chi connectivity index (χ3v) is 5.58. The molecule has 0 saturated heterocycles. The Bertz CT molecular complexity index is 980. The predicted octanol–water partition coefficient (Wildman–Crippen LogP) is 5.09. The lowest BCUT2D eigenvalue weighted by molar-refractivity contribution is -0.138. The topological polar surface area (TPSA) is 101 Å². The Hall–Kier alpha value is -3.29. The van der Waals surface area contributed by atoms with Crippen LogP contribution in [0.25, 0.3) is 11.3 Å². The lowest BCUT2D eigenvalue weighted by Crippen LogP contribution is -2.16. The first kappa shape index (κ1) is 20.0. The van der Waals surface area contributed by atoms with Crippen LogP contribution in [0.15, 0.2) is 47.0 Å². The number of nitrogens with zero attached hydrogens (tertiary/aromatic N) is 3. The summed E-state index contributed by atoms with van der Waals surface area (Å²) in [4.78, 5) is 15.4. The molecule has 2 N–H and O–H groups in total. The zero-order chi connectivity index (χ0) is 20.9. The maximum absolute atomic E-state index is 12.5. The Morgan fingerprint density at radius 2 is 1.87 bits per heavy atom. The van der Waals surface area contributed by atoms with Gasteiger partial charge in [0.05, 0.1) is 17.6 Å². The van der Waals surface area contributed by atoms with Gasteiger partial charge in [-0.15, -0.1) is 5.10 Å². The fraction of sp³-hybridized carbons (Fsp3) is 0.364. The fourth-order valence-electron chi connectivity index (χ4n) is 3.99. The van der Waals surface area contributed by atoms with E-state index >= 15 is 0 Å².